The normalized spacial score (nSPS) is 11.2. The molecule has 0 aliphatic rings. The second-order valence-electron chi connectivity index (χ2n) is 4.56. The van der Waals surface area contributed by atoms with E-state index in [1.807, 2.05) is 24.3 Å². The van der Waals surface area contributed by atoms with Gasteiger partial charge in [-0.15, -0.1) is 11.3 Å². The molecule has 0 bridgehead atoms. The number of halogens is 1. The first-order valence-electron chi connectivity index (χ1n) is 6.02. The van der Waals surface area contributed by atoms with Crippen molar-refractivity contribution >= 4 is 22.9 Å². The van der Waals surface area contributed by atoms with Crippen molar-refractivity contribution in [2.24, 2.45) is 0 Å². The number of hydrogen-bond acceptors (Lipinski definition) is 3. The highest BCUT2D eigenvalue weighted by molar-refractivity contribution is 7.12. The molecule has 1 aromatic heterocycles. The van der Waals surface area contributed by atoms with Crippen LogP contribution in [0.25, 0.3) is 11.3 Å². The van der Waals surface area contributed by atoms with E-state index in [0.717, 1.165) is 27.8 Å². The van der Waals surface area contributed by atoms with Crippen LogP contribution in [-0.2, 0) is 6.54 Å². The third kappa shape index (κ3) is 3.31. The predicted molar refractivity (Wildman–Crippen MR) is 79.3 cm³/mol. The minimum absolute atomic E-state index is 0.476. The van der Waals surface area contributed by atoms with E-state index in [1.165, 1.54) is 4.88 Å². The quantitative estimate of drug-likeness (QED) is 0.905. The molecular formula is C14H17ClN2S. The molecule has 2 nitrogen and oxygen atoms in total. The molecule has 2 aromatic rings. The molecule has 0 atom stereocenters. The summed E-state index contributed by atoms with van der Waals surface area (Å²) in [5, 5.41) is 5.26. The molecule has 1 N–H and O–H groups in total. The summed E-state index contributed by atoms with van der Waals surface area (Å²) in [6.07, 6.45) is 0. The minimum Gasteiger partial charge on any atom is -0.308 e. The Bertz CT molecular complexity index is 534. The summed E-state index contributed by atoms with van der Waals surface area (Å²) in [6, 6.07) is 8.33. The number of benzene rings is 1. The van der Waals surface area contributed by atoms with Crippen LogP contribution in [-0.4, -0.2) is 11.0 Å². The SMILES string of the molecule is Cc1sc(CNC(C)C)nc1-c1cccc(Cl)c1. The van der Waals surface area contributed by atoms with Crippen LogP contribution in [0.2, 0.25) is 5.02 Å². The largest absolute Gasteiger partial charge is 0.308 e. The van der Waals surface area contributed by atoms with E-state index in [2.05, 4.69) is 26.1 Å². The van der Waals surface area contributed by atoms with Gasteiger partial charge in [0.25, 0.3) is 0 Å². The summed E-state index contributed by atoms with van der Waals surface area (Å²) >= 11 is 7.76. The van der Waals surface area contributed by atoms with Crippen LogP contribution in [0.15, 0.2) is 24.3 Å². The van der Waals surface area contributed by atoms with Crippen molar-refractivity contribution in [3.05, 3.63) is 39.2 Å². The van der Waals surface area contributed by atoms with Crippen LogP contribution < -0.4 is 5.32 Å². The molecule has 0 aliphatic heterocycles. The smallest absolute Gasteiger partial charge is 0.107 e. The summed E-state index contributed by atoms with van der Waals surface area (Å²) < 4.78 is 0. The molecule has 1 heterocycles. The number of nitrogens with one attached hydrogen (secondary N) is 1. The van der Waals surface area contributed by atoms with Crippen LogP contribution in [0.1, 0.15) is 23.7 Å². The van der Waals surface area contributed by atoms with Gasteiger partial charge in [0.05, 0.1) is 5.69 Å². The number of rotatable bonds is 4. The first-order valence-corrected chi connectivity index (χ1v) is 7.21. The van der Waals surface area contributed by atoms with Gasteiger partial charge in [0.1, 0.15) is 5.01 Å². The molecule has 1 aromatic carbocycles. The van der Waals surface area contributed by atoms with Crippen LogP contribution in [0.3, 0.4) is 0 Å². The van der Waals surface area contributed by atoms with Crippen molar-refractivity contribution in [1.29, 1.82) is 0 Å². The Kier molecular flexibility index (Phi) is 4.38. The van der Waals surface area contributed by atoms with Gasteiger partial charge in [-0.05, 0) is 19.1 Å². The second-order valence-corrected chi connectivity index (χ2v) is 6.28. The lowest BCUT2D eigenvalue weighted by Gasteiger charge is -2.04. The Morgan fingerprint density at radius 1 is 1.39 bits per heavy atom. The van der Waals surface area contributed by atoms with Gasteiger partial charge in [-0.2, -0.15) is 0 Å². The van der Waals surface area contributed by atoms with Gasteiger partial charge in [-0.3, -0.25) is 0 Å². The average Bonchev–Trinajstić information content (AvgIpc) is 2.68. The van der Waals surface area contributed by atoms with Crippen LogP contribution >= 0.6 is 22.9 Å². The lowest BCUT2D eigenvalue weighted by atomic mass is 10.1. The molecule has 0 unspecified atom stereocenters. The topological polar surface area (TPSA) is 24.9 Å². The fourth-order valence-corrected chi connectivity index (χ4v) is 2.82. The molecule has 0 amide bonds. The van der Waals surface area contributed by atoms with Gasteiger partial charge in [-0.1, -0.05) is 37.6 Å². The summed E-state index contributed by atoms with van der Waals surface area (Å²) in [6.45, 7) is 7.20. The number of aryl methyl sites for hydroxylation is 1. The minimum atomic E-state index is 0.476. The van der Waals surface area contributed by atoms with Gasteiger partial charge in [0.2, 0.25) is 0 Å². The predicted octanol–water partition coefficient (Wildman–Crippen LogP) is 4.27. The molecule has 0 fully saturated rings. The number of hydrogen-bond donors (Lipinski definition) is 1. The Balaban J connectivity index is 2.24. The van der Waals surface area contributed by atoms with Gasteiger partial charge in [-0.25, -0.2) is 4.98 Å². The maximum Gasteiger partial charge on any atom is 0.107 e. The lowest BCUT2D eigenvalue weighted by Crippen LogP contribution is -2.21. The van der Waals surface area contributed by atoms with Gasteiger partial charge in [0, 0.05) is 28.0 Å². The molecular weight excluding hydrogens is 264 g/mol. The zero-order valence-electron chi connectivity index (χ0n) is 10.8. The van der Waals surface area contributed by atoms with Crippen molar-refractivity contribution in [1.82, 2.24) is 10.3 Å². The van der Waals surface area contributed by atoms with E-state index < -0.39 is 0 Å². The average molecular weight is 281 g/mol. The third-order valence-corrected chi connectivity index (χ3v) is 3.81. The third-order valence-electron chi connectivity index (χ3n) is 2.60. The van der Waals surface area contributed by atoms with Crippen molar-refractivity contribution < 1.29 is 0 Å². The molecule has 0 radical (unpaired) electrons. The van der Waals surface area contributed by atoms with Crippen molar-refractivity contribution in [3.63, 3.8) is 0 Å². The van der Waals surface area contributed by atoms with Crippen LogP contribution in [0, 0.1) is 6.92 Å². The van der Waals surface area contributed by atoms with Gasteiger partial charge >= 0.3 is 0 Å². The molecule has 0 spiro atoms. The molecule has 18 heavy (non-hydrogen) atoms. The number of nitrogens with zero attached hydrogens (tertiary/aromatic N) is 1. The zero-order chi connectivity index (χ0) is 13.1. The number of thiazole rings is 1. The zero-order valence-corrected chi connectivity index (χ0v) is 12.4. The molecule has 0 saturated heterocycles. The molecule has 0 saturated carbocycles. The Morgan fingerprint density at radius 2 is 2.17 bits per heavy atom. The maximum atomic E-state index is 6.02. The summed E-state index contributed by atoms with van der Waals surface area (Å²) in [5.41, 5.74) is 2.13. The highest BCUT2D eigenvalue weighted by Gasteiger charge is 2.10. The monoisotopic (exact) mass is 280 g/mol. The van der Waals surface area contributed by atoms with Crippen molar-refractivity contribution in [3.8, 4) is 11.3 Å². The standard InChI is InChI=1S/C14H17ClN2S/c1-9(2)16-8-13-17-14(10(3)18-13)11-5-4-6-12(15)7-11/h4-7,9,16H,8H2,1-3H3. The van der Waals surface area contributed by atoms with Crippen LogP contribution in [0.4, 0.5) is 0 Å². The van der Waals surface area contributed by atoms with Crippen molar-refractivity contribution in [2.45, 2.75) is 33.4 Å². The van der Waals surface area contributed by atoms with E-state index in [9.17, 15) is 0 Å². The Hall–Kier alpha value is -0.900. The molecule has 0 aliphatic carbocycles. The van der Waals surface area contributed by atoms with E-state index in [-0.39, 0.29) is 0 Å². The highest BCUT2D eigenvalue weighted by Crippen LogP contribution is 2.29. The van der Waals surface area contributed by atoms with E-state index in [0.29, 0.717) is 6.04 Å². The van der Waals surface area contributed by atoms with Gasteiger partial charge < -0.3 is 5.32 Å². The maximum absolute atomic E-state index is 6.02. The molecule has 2 rings (SSSR count). The Labute approximate surface area is 117 Å². The van der Waals surface area contributed by atoms with Crippen molar-refractivity contribution in [2.75, 3.05) is 0 Å². The Morgan fingerprint density at radius 3 is 2.83 bits per heavy atom. The summed E-state index contributed by atoms with van der Waals surface area (Å²) in [5.74, 6) is 0. The fourth-order valence-electron chi connectivity index (χ4n) is 1.72. The van der Waals surface area contributed by atoms with E-state index in [4.69, 9.17) is 16.6 Å². The first-order chi connectivity index (χ1) is 8.56. The summed E-state index contributed by atoms with van der Waals surface area (Å²) in [4.78, 5) is 5.92. The van der Waals surface area contributed by atoms with E-state index >= 15 is 0 Å². The molecule has 96 valence electrons. The first kappa shape index (κ1) is 13.5. The van der Waals surface area contributed by atoms with Gasteiger partial charge in [0.15, 0.2) is 0 Å². The fraction of sp³-hybridized carbons (Fsp3) is 0.357. The molecule has 4 heteroatoms. The number of aromatic nitrogens is 1. The van der Waals surface area contributed by atoms with E-state index in [1.54, 1.807) is 11.3 Å². The lowest BCUT2D eigenvalue weighted by molar-refractivity contribution is 0.587. The van der Waals surface area contributed by atoms with Crippen LogP contribution in [0.5, 0.6) is 0 Å². The summed E-state index contributed by atoms with van der Waals surface area (Å²) in [7, 11) is 0. The second kappa shape index (κ2) is 5.83. The highest BCUT2D eigenvalue weighted by atomic mass is 35.5.